The lowest BCUT2D eigenvalue weighted by molar-refractivity contribution is -0.142. The molecule has 104 valence electrons. The van der Waals surface area contributed by atoms with Crippen molar-refractivity contribution < 1.29 is 25.2 Å². The van der Waals surface area contributed by atoms with Crippen molar-refractivity contribution in [3.63, 3.8) is 0 Å². The van der Waals surface area contributed by atoms with Gasteiger partial charge in [-0.05, 0) is 30.2 Å². The third-order valence-corrected chi connectivity index (χ3v) is 3.40. The minimum Gasteiger partial charge on any atom is -0.508 e. The van der Waals surface area contributed by atoms with Gasteiger partial charge in [0.15, 0.2) is 0 Å². The second-order valence-electron chi connectivity index (χ2n) is 4.80. The molecule has 1 aliphatic rings. The molecule has 0 aliphatic carbocycles. The number of aliphatic carboxylic acids is 1. The summed E-state index contributed by atoms with van der Waals surface area (Å²) in [6.45, 7) is 0.724. The molecular formula is C13H17NO5. The largest absolute Gasteiger partial charge is 0.508 e. The van der Waals surface area contributed by atoms with Crippen molar-refractivity contribution in [2.24, 2.45) is 0 Å². The zero-order chi connectivity index (χ0) is 14.0. The van der Waals surface area contributed by atoms with E-state index in [0.717, 1.165) is 0 Å². The van der Waals surface area contributed by atoms with E-state index in [2.05, 4.69) is 0 Å². The van der Waals surface area contributed by atoms with Gasteiger partial charge in [0.25, 0.3) is 0 Å². The van der Waals surface area contributed by atoms with Gasteiger partial charge < -0.3 is 20.4 Å². The number of aliphatic hydroxyl groups excluding tert-OH is 1. The highest BCUT2D eigenvalue weighted by Gasteiger charge is 2.35. The Morgan fingerprint density at radius 2 is 2.11 bits per heavy atom. The molecule has 2 atom stereocenters. The van der Waals surface area contributed by atoms with Crippen LogP contribution in [0.2, 0.25) is 0 Å². The minimum atomic E-state index is -0.948. The molecule has 1 aromatic rings. The third kappa shape index (κ3) is 3.15. The van der Waals surface area contributed by atoms with Gasteiger partial charge in [-0.1, -0.05) is 0 Å². The van der Waals surface area contributed by atoms with Crippen LogP contribution in [0.5, 0.6) is 11.5 Å². The Bertz CT molecular complexity index is 476. The molecule has 0 spiro atoms. The van der Waals surface area contributed by atoms with Crippen molar-refractivity contribution in [1.82, 2.24) is 4.90 Å². The van der Waals surface area contributed by atoms with E-state index in [-0.39, 0.29) is 17.9 Å². The van der Waals surface area contributed by atoms with E-state index in [1.165, 1.54) is 18.2 Å². The predicted molar refractivity (Wildman–Crippen MR) is 67.1 cm³/mol. The first kappa shape index (κ1) is 13.6. The lowest BCUT2D eigenvalue weighted by Gasteiger charge is -2.20. The highest BCUT2D eigenvalue weighted by molar-refractivity contribution is 5.74. The summed E-state index contributed by atoms with van der Waals surface area (Å²) in [4.78, 5) is 12.7. The summed E-state index contributed by atoms with van der Waals surface area (Å²) in [7, 11) is 0. The van der Waals surface area contributed by atoms with Crippen LogP contribution in [-0.4, -0.2) is 56.5 Å². The third-order valence-electron chi connectivity index (χ3n) is 3.40. The molecule has 19 heavy (non-hydrogen) atoms. The fourth-order valence-corrected chi connectivity index (χ4v) is 2.42. The molecular weight excluding hydrogens is 250 g/mol. The molecule has 6 heteroatoms. The second kappa shape index (κ2) is 5.46. The maximum atomic E-state index is 11.0. The molecule has 2 rings (SSSR count). The van der Waals surface area contributed by atoms with Crippen molar-refractivity contribution in [2.45, 2.75) is 25.0 Å². The first-order valence-corrected chi connectivity index (χ1v) is 6.13. The fraction of sp³-hybridized carbons (Fsp3) is 0.462. The number of hydrogen-bond donors (Lipinski definition) is 4. The molecule has 4 N–H and O–H groups in total. The van der Waals surface area contributed by atoms with Gasteiger partial charge in [0, 0.05) is 19.5 Å². The van der Waals surface area contributed by atoms with Crippen molar-refractivity contribution in [1.29, 1.82) is 0 Å². The number of phenols is 2. The van der Waals surface area contributed by atoms with Gasteiger partial charge in [-0.3, -0.25) is 9.69 Å². The normalized spacial score (nSPS) is 23.6. The van der Waals surface area contributed by atoms with Gasteiger partial charge in [-0.2, -0.15) is 0 Å². The summed E-state index contributed by atoms with van der Waals surface area (Å²) in [6, 6.07) is 3.56. The van der Waals surface area contributed by atoms with Gasteiger partial charge in [-0.25, -0.2) is 0 Å². The molecule has 1 fully saturated rings. The van der Waals surface area contributed by atoms with Crippen LogP contribution < -0.4 is 0 Å². The zero-order valence-electron chi connectivity index (χ0n) is 10.4. The van der Waals surface area contributed by atoms with Crippen LogP contribution in [0.15, 0.2) is 18.2 Å². The van der Waals surface area contributed by atoms with Crippen LogP contribution in [0.25, 0.3) is 0 Å². The maximum Gasteiger partial charge on any atom is 0.321 e. The summed E-state index contributed by atoms with van der Waals surface area (Å²) >= 11 is 0. The van der Waals surface area contributed by atoms with E-state index in [9.17, 15) is 20.1 Å². The number of phenolic OH excluding ortho intramolecular Hbond substituents is 2. The molecule has 1 heterocycles. The molecule has 0 radical (unpaired) electrons. The Morgan fingerprint density at radius 3 is 2.79 bits per heavy atom. The Labute approximate surface area is 110 Å². The van der Waals surface area contributed by atoms with E-state index >= 15 is 0 Å². The topological polar surface area (TPSA) is 101 Å². The van der Waals surface area contributed by atoms with Crippen LogP contribution in [-0.2, 0) is 11.2 Å². The highest BCUT2D eigenvalue weighted by atomic mass is 16.4. The Hall–Kier alpha value is -1.79. The second-order valence-corrected chi connectivity index (χ2v) is 4.80. The van der Waals surface area contributed by atoms with Gasteiger partial charge in [0.1, 0.15) is 17.5 Å². The number of aromatic hydroxyl groups is 2. The number of aliphatic hydroxyl groups is 1. The first-order valence-electron chi connectivity index (χ1n) is 6.13. The smallest absolute Gasteiger partial charge is 0.321 e. The van der Waals surface area contributed by atoms with Gasteiger partial charge >= 0.3 is 5.97 Å². The molecule has 6 nitrogen and oxygen atoms in total. The zero-order valence-corrected chi connectivity index (χ0v) is 10.4. The van der Waals surface area contributed by atoms with Crippen molar-refractivity contribution in [3.05, 3.63) is 23.8 Å². The van der Waals surface area contributed by atoms with Gasteiger partial charge in [-0.15, -0.1) is 0 Å². The van der Waals surface area contributed by atoms with Crippen LogP contribution in [0.4, 0.5) is 0 Å². The van der Waals surface area contributed by atoms with E-state index in [1.807, 2.05) is 0 Å². The van der Waals surface area contributed by atoms with Crippen molar-refractivity contribution >= 4 is 5.97 Å². The number of hydrogen-bond acceptors (Lipinski definition) is 5. The average molecular weight is 267 g/mol. The number of β-amino-alcohol motifs (C(OH)–C–C–N with tert-alkyl or cyclic N) is 1. The number of carbonyl (C=O) groups is 1. The van der Waals surface area contributed by atoms with E-state index < -0.39 is 18.1 Å². The first-order chi connectivity index (χ1) is 8.97. The van der Waals surface area contributed by atoms with Crippen LogP contribution in [0.1, 0.15) is 12.0 Å². The number of carboxylic acid groups (broad SMARTS) is 1. The standard InChI is InChI=1S/C13H17NO5/c15-9-1-2-12(17)8(5-9)3-4-14-7-10(16)6-11(14)13(18)19/h1-2,5,10-11,15-17H,3-4,6-7H2,(H,18,19)/t10-,11+/m1/s1. The monoisotopic (exact) mass is 267 g/mol. The summed E-state index contributed by atoms with van der Waals surface area (Å²) < 4.78 is 0. The number of carboxylic acids is 1. The Kier molecular flexibility index (Phi) is 3.92. The number of benzene rings is 1. The molecule has 1 saturated heterocycles. The lowest BCUT2D eigenvalue weighted by Crippen LogP contribution is -2.37. The van der Waals surface area contributed by atoms with E-state index in [0.29, 0.717) is 25.1 Å². The Morgan fingerprint density at radius 1 is 1.37 bits per heavy atom. The number of likely N-dealkylation sites (tertiary alicyclic amines) is 1. The Balaban J connectivity index is 2.01. The quantitative estimate of drug-likeness (QED) is 0.580. The van der Waals surface area contributed by atoms with Crippen LogP contribution in [0.3, 0.4) is 0 Å². The number of rotatable bonds is 4. The molecule has 1 aliphatic heterocycles. The van der Waals surface area contributed by atoms with Crippen LogP contribution in [0, 0.1) is 0 Å². The highest BCUT2D eigenvalue weighted by Crippen LogP contribution is 2.24. The molecule has 0 aromatic heterocycles. The molecule has 0 amide bonds. The van der Waals surface area contributed by atoms with Crippen molar-refractivity contribution in [3.8, 4) is 11.5 Å². The maximum absolute atomic E-state index is 11.0. The van der Waals surface area contributed by atoms with E-state index in [1.54, 1.807) is 4.90 Å². The summed E-state index contributed by atoms with van der Waals surface area (Å²) in [5.41, 5.74) is 0.561. The van der Waals surface area contributed by atoms with Gasteiger partial charge in [0.05, 0.1) is 6.10 Å². The molecule has 0 unspecified atom stereocenters. The molecule has 0 bridgehead atoms. The van der Waals surface area contributed by atoms with E-state index in [4.69, 9.17) is 5.11 Å². The predicted octanol–water partition coefficient (Wildman–Crippen LogP) is 0.160. The summed E-state index contributed by atoms with van der Waals surface area (Å²) in [5, 5.41) is 37.6. The summed E-state index contributed by atoms with van der Waals surface area (Å²) in [6.07, 6.45) is 0.0109. The minimum absolute atomic E-state index is 0.0593. The van der Waals surface area contributed by atoms with Crippen LogP contribution >= 0.6 is 0 Å². The van der Waals surface area contributed by atoms with Gasteiger partial charge in [0.2, 0.25) is 0 Å². The fourth-order valence-electron chi connectivity index (χ4n) is 2.42. The van der Waals surface area contributed by atoms with Crippen molar-refractivity contribution in [2.75, 3.05) is 13.1 Å². The number of nitrogens with zero attached hydrogens (tertiary/aromatic N) is 1. The SMILES string of the molecule is O=C(O)[C@@H]1C[C@@H](O)CN1CCc1cc(O)ccc1O. The summed E-state index contributed by atoms with van der Waals surface area (Å²) in [5.74, 6) is -0.815. The lowest BCUT2D eigenvalue weighted by atomic mass is 10.1. The molecule has 0 saturated carbocycles. The molecule has 1 aromatic carbocycles. The average Bonchev–Trinajstić information content (AvgIpc) is 2.72.